The van der Waals surface area contributed by atoms with Crippen molar-refractivity contribution in [3.8, 4) is 0 Å². The third kappa shape index (κ3) is 6.07. The molecule has 0 bridgehead atoms. The van der Waals surface area contributed by atoms with Crippen molar-refractivity contribution in [2.24, 2.45) is 0 Å². The van der Waals surface area contributed by atoms with Crippen LogP contribution in [-0.4, -0.2) is 14.3 Å². The zero-order valence-corrected chi connectivity index (χ0v) is 17.4. The van der Waals surface area contributed by atoms with E-state index in [1.807, 2.05) is 31.2 Å². The Morgan fingerprint density at radius 1 is 0.862 bits per heavy atom. The van der Waals surface area contributed by atoms with E-state index in [0.29, 0.717) is 29.2 Å². The van der Waals surface area contributed by atoms with Crippen molar-refractivity contribution >= 4 is 38.9 Å². The van der Waals surface area contributed by atoms with Gasteiger partial charge < -0.3 is 5.32 Å². The monoisotopic (exact) mass is 428 g/mol. The van der Waals surface area contributed by atoms with Crippen LogP contribution in [0, 0.1) is 6.92 Å². The Balaban J connectivity index is 1.58. The lowest BCUT2D eigenvalue weighted by molar-refractivity contribution is -0.116. The summed E-state index contributed by atoms with van der Waals surface area (Å²) in [5, 5.41) is 3.31. The van der Waals surface area contributed by atoms with Gasteiger partial charge in [-0.25, -0.2) is 8.42 Å². The summed E-state index contributed by atoms with van der Waals surface area (Å²) in [6.07, 6.45) is 0.991. The number of rotatable bonds is 7. The van der Waals surface area contributed by atoms with Crippen LogP contribution in [0.2, 0.25) is 5.02 Å². The fraction of sp³-hybridized carbons (Fsp3) is 0.136. The second kappa shape index (κ2) is 9.11. The average molecular weight is 429 g/mol. The van der Waals surface area contributed by atoms with Crippen molar-refractivity contribution in [1.29, 1.82) is 0 Å². The van der Waals surface area contributed by atoms with Crippen molar-refractivity contribution in [2.75, 3.05) is 10.0 Å². The zero-order valence-electron chi connectivity index (χ0n) is 15.9. The van der Waals surface area contributed by atoms with E-state index in [9.17, 15) is 13.2 Å². The molecule has 29 heavy (non-hydrogen) atoms. The molecule has 0 heterocycles. The highest BCUT2D eigenvalue weighted by atomic mass is 35.5. The van der Waals surface area contributed by atoms with Crippen LogP contribution < -0.4 is 10.0 Å². The minimum absolute atomic E-state index is 0.102. The van der Waals surface area contributed by atoms with Gasteiger partial charge in [0, 0.05) is 22.8 Å². The molecule has 0 saturated carbocycles. The molecule has 2 N–H and O–H groups in total. The Hall–Kier alpha value is -2.83. The van der Waals surface area contributed by atoms with Gasteiger partial charge in [0.05, 0.1) is 4.90 Å². The SMILES string of the molecule is Cc1ccc(CCC(=O)Nc2ccc(S(=O)(=O)Nc3ccc(Cl)cc3)cc2)cc1. The maximum atomic E-state index is 12.5. The lowest BCUT2D eigenvalue weighted by Gasteiger charge is -2.10. The van der Waals surface area contributed by atoms with E-state index in [0.717, 1.165) is 5.56 Å². The molecule has 1 amide bonds. The van der Waals surface area contributed by atoms with Gasteiger partial charge in [-0.1, -0.05) is 41.4 Å². The largest absolute Gasteiger partial charge is 0.326 e. The highest BCUT2D eigenvalue weighted by molar-refractivity contribution is 7.92. The molecule has 0 atom stereocenters. The quantitative estimate of drug-likeness (QED) is 0.554. The maximum absolute atomic E-state index is 12.5. The van der Waals surface area contributed by atoms with E-state index in [1.54, 1.807) is 36.4 Å². The highest BCUT2D eigenvalue weighted by Crippen LogP contribution is 2.20. The van der Waals surface area contributed by atoms with E-state index in [-0.39, 0.29) is 10.8 Å². The number of benzene rings is 3. The van der Waals surface area contributed by atoms with Crippen LogP contribution in [0.5, 0.6) is 0 Å². The molecule has 150 valence electrons. The predicted molar refractivity (Wildman–Crippen MR) is 117 cm³/mol. The predicted octanol–water partition coefficient (Wildman–Crippen LogP) is 5.02. The van der Waals surface area contributed by atoms with Crippen molar-refractivity contribution in [3.05, 3.63) is 88.9 Å². The van der Waals surface area contributed by atoms with Gasteiger partial charge in [-0.05, 0) is 67.4 Å². The first-order valence-electron chi connectivity index (χ1n) is 9.06. The maximum Gasteiger partial charge on any atom is 0.261 e. The molecule has 0 aliphatic rings. The number of hydrogen-bond acceptors (Lipinski definition) is 3. The van der Waals surface area contributed by atoms with Crippen molar-refractivity contribution in [1.82, 2.24) is 0 Å². The second-order valence-electron chi connectivity index (χ2n) is 6.67. The van der Waals surface area contributed by atoms with E-state index in [4.69, 9.17) is 11.6 Å². The molecule has 5 nitrogen and oxygen atoms in total. The van der Waals surface area contributed by atoms with Crippen LogP contribution in [0.15, 0.2) is 77.7 Å². The molecule has 0 saturated heterocycles. The first-order chi connectivity index (χ1) is 13.8. The molecule has 0 spiro atoms. The molecule has 3 aromatic rings. The normalized spacial score (nSPS) is 11.1. The number of aryl methyl sites for hydroxylation is 2. The number of sulfonamides is 1. The average Bonchev–Trinajstić information content (AvgIpc) is 2.70. The Labute approximate surface area is 175 Å². The standard InChI is InChI=1S/C22H21ClN2O3S/c1-16-2-4-17(5-3-16)6-15-22(26)24-19-11-13-21(14-12-19)29(27,28)25-20-9-7-18(23)8-10-20/h2-5,7-14,25H,6,15H2,1H3,(H,24,26). The summed E-state index contributed by atoms with van der Waals surface area (Å²) in [6, 6.07) is 20.5. The van der Waals surface area contributed by atoms with E-state index < -0.39 is 10.0 Å². The molecule has 3 rings (SSSR count). The summed E-state index contributed by atoms with van der Waals surface area (Å²) in [6.45, 7) is 2.02. The lowest BCUT2D eigenvalue weighted by atomic mass is 10.1. The summed E-state index contributed by atoms with van der Waals surface area (Å²) in [7, 11) is -3.73. The molecule has 7 heteroatoms. The summed E-state index contributed by atoms with van der Waals surface area (Å²) in [5.74, 6) is -0.125. The van der Waals surface area contributed by atoms with Crippen molar-refractivity contribution in [3.63, 3.8) is 0 Å². The van der Waals surface area contributed by atoms with Gasteiger partial charge >= 0.3 is 0 Å². The van der Waals surface area contributed by atoms with Crippen LogP contribution in [0.25, 0.3) is 0 Å². The molecule has 0 aromatic heterocycles. The third-order valence-electron chi connectivity index (χ3n) is 4.31. The van der Waals surface area contributed by atoms with E-state index in [1.165, 1.54) is 17.7 Å². The Bertz CT molecular complexity index is 1080. The molecule has 3 aromatic carbocycles. The molecular formula is C22H21ClN2O3S. The Morgan fingerprint density at radius 3 is 2.07 bits per heavy atom. The second-order valence-corrected chi connectivity index (χ2v) is 8.79. The molecule has 0 fully saturated rings. The van der Waals surface area contributed by atoms with Crippen LogP contribution >= 0.6 is 11.6 Å². The van der Waals surface area contributed by atoms with Gasteiger partial charge in [0.1, 0.15) is 0 Å². The first-order valence-corrected chi connectivity index (χ1v) is 10.9. The van der Waals surface area contributed by atoms with Crippen LogP contribution in [0.3, 0.4) is 0 Å². The first kappa shape index (κ1) is 20.9. The van der Waals surface area contributed by atoms with Gasteiger partial charge in [-0.15, -0.1) is 0 Å². The summed E-state index contributed by atoms with van der Waals surface area (Å²) in [4.78, 5) is 12.3. The van der Waals surface area contributed by atoms with Gasteiger partial charge in [-0.2, -0.15) is 0 Å². The number of carbonyl (C=O) groups excluding carboxylic acids is 1. The number of anilines is 2. The number of carbonyl (C=O) groups is 1. The Morgan fingerprint density at radius 2 is 1.45 bits per heavy atom. The van der Waals surface area contributed by atoms with Gasteiger partial charge in [0.2, 0.25) is 5.91 Å². The van der Waals surface area contributed by atoms with Crippen LogP contribution in [0.4, 0.5) is 11.4 Å². The van der Waals surface area contributed by atoms with Crippen molar-refractivity contribution in [2.45, 2.75) is 24.7 Å². The van der Waals surface area contributed by atoms with Gasteiger partial charge in [-0.3, -0.25) is 9.52 Å². The van der Waals surface area contributed by atoms with E-state index in [2.05, 4.69) is 10.0 Å². The highest BCUT2D eigenvalue weighted by Gasteiger charge is 2.14. The number of halogens is 1. The molecular weight excluding hydrogens is 408 g/mol. The fourth-order valence-electron chi connectivity index (χ4n) is 2.69. The molecule has 0 unspecified atom stereocenters. The summed E-state index contributed by atoms with van der Waals surface area (Å²) < 4.78 is 27.4. The van der Waals surface area contributed by atoms with Crippen molar-refractivity contribution < 1.29 is 13.2 Å². The number of nitrogens with one attached hydrogen (secondary N) is 2. The lowest BCUT2D eigenvalue weighted by Crippen LogP contribution is -2.14. The summed E-state index contributed by atoms with van der Waals surface area (Å²) in [5.41, 5.74) is 3.24. The third-order valence-corrected chi connectivity index (χ3v) is 5.96. The smallest absolute Gasteiger partial charge is 0.261 e. The van der Waals surface area contributed by atoms with Gasteiger partial charge in [0.25, 0.3) is 10.0 Å². The fourth-order valence-corrected chi connectivity index (χ4v) is 3.87. The molecule has 0 aliphatic heterocycles. The summed E-state index contributed by atoms with van der Waals surface area (Å²) >= 11 is 5.81. The number of hydrogen-bond donors (Lipinski definition) is 2. The molecule has 0 radical (unpaired) electrons. The minimum Gasteiger partial charge on any atom is -0.326 e. The number of amides is 1. The van der Waals surface area contributed by atoms with Crippen LogP contribution in [0.1, 0.15) is 17.5 Å². The molecule has 0 aliphatic carbocycles. The topological polar surface area (TPSA) is 75.3 Å². The minimum atomic E-state index is -3.73. The van der Waals surface area contributed by atoms with E-state index >= 15 is 0 Å². The van der Waals surface area contributed by atoms with Crippen LogP contribution in [-0.2, 0) is 21.2 Å². The van der Waals surface area contributed by atoms with Gasteiger partial charge in [0.15, 0.2) is 0 Å². The Kier molecular flexibility index (Phi) is 6.56. The zero-order chi connectivity index (χ0) is 20.9.